The minimum atomic E-state index is -0.575. The molecule has 0 heterocycles. The van der Waals surface area contributed by atoms with Crippen LogP contribution in [0.3, 0.4) is 0 Å². The molecule has 2 heteroatoms. The summed E-state index contributed by atoms with van der Waals surface area (Å²) in [6.45, 7) is 0. The first-order valence-electron chi connectivity index (χ1n) is 6.48. The molecule has 3 unspecified atom stereocenters. The monoisotopic (exact) mass is 230 g/mol. The zero-order valence-electron chi connectivity index (χ0n) is 9.93. The Morgan fingerprint density at radius 2 is 2.06 bits per heavy atom. The molecule has 2 fully saturated rings. The largest absolute Gasteiger partial charge is 0.481 e. The summed E-state index contributed by atoms with van der Waals surface area (Å²) in [7, 11) is 0. The zero-order valence-corrected chi connectivity index (χ0v) is 9.93. The van der Waals surface area contributed by atoms with Crippen molar-refractivity contribution in [1.82, 2.24) is 0 Å². The smallest absolute Gasteiger partial charge is 0.310 e. The molecule has 0 spiro atoms. The quantitative estimate of drug-likeness (QED) is 0.866. The van der Waals surface area contributed by atoms with Gasteiger partial charge in [0.05, 0.1) is 5.41 Å². The topological polar surface area (TPSA) is 37.3 Å². The highest BCUT2D eigenvalue weighted by Gasteiger charge is 2.55. The normalized spacial score (nSPS) is 35.1. The van der Waals surface area contributed by atoms with Gasteiger partial charge < -0.3 is 5.11 Å². The van der Waals surface area contributed by atoms with Crippen LogP contribution in [0.25, 0.3) is 0 Å². The number of carbonyl (C=O) groups is 1. The Labute approximate surface area is 102 Å². The van der Waals surface area contributed by atoms with Gasteiger partial charge >= 0.3 is 5.97 Å². The van der Waals surface area contributed by atoms with E-state index in [2.05, 4.69) is 12.1 Å². The van der Waals surface area contributed by atoms with Crippen LogP contribution in [0.5, 0.6) is 0 Å². The van der Waals surface area contributed by atoms with Gasteiger partial charge in [0, 0.05) is 0 Å². The molecule has 2 aliphatic rings. The number of carboxylic acid groups (broad SMARTS) is 1. The van der Waals surface area contributed by atoms with E-state index >= 15 is 0 Å². The van der Waals surface area contributed by atoms with Gasteiger partial charge in [0.2, 0.25) is 0 Å². The molecular weight excluding hydrogens is 212 g/mol. The molecule has 2 saturated carbocycles. The third kappa shape index (κ3) is 1.67. The molecule has 1 N–H and O–H groups in total. The first-order valence-corrected chi connectivity index (χ1v) is 6.48. The Hall–Kier alpha value is -1.31. The summed E-state index contributed by atoms with van der Waals surface area (Å²) in [5.74, 6) is 0.499. The van der Waals surface area contributed by atoms with Gasteiger partial charge in [-0.1, -0.05) is 36.8 Å². The van der Waals surface area contributed by atoms with E-state index in [0.29, 0.717) is 18.3 Å². The van der Waals surface area contributed by atoms with Crippen molar-refractivity contribution in [2.24, 2.45) is 17.3 Å². The number of hydrogen-bond acceptors (Lipinski definition) is 1. The minimum absolute atomic E-state index is 0.408. The van der Waals surface area contributed by atoms with Crippen molar-refractivity contribution < 1.29 is 9.90 Å². The van der Waals surface area contributed by atoms with E-state index in [1.165, 1.54) is 12.0 Å². The molecule has 2 bridgehead atoms. The standard InChI is InChI=1S/C15H18O2/c16-14(17)15(9-11-4-2-1-3-5-11)10-12-6-7-13(15)8-12/h1-5,12-13H,6-10H2,(H,16,17). The molecule has 0 aromatic heterocycles. The van der Waals surface area contributed by atoms with Crippen LogP contribution in [0.1, 0.15) is 31.2 Å². The molecule has 1 aromatic carbocycles. The van der Waals surface area contributed by atoms with Gasteiger partial charge in [-0.15, -0.1) is 0 Å². The molecule has 3 atom stereocenters. The lowest BCUT2D eigenvalue weighted by Crippen LogP contribution is -2.38. The second-order valence-corrected chi connectivity index (χ2v) is 5.70. The molecule has 0 amide bonds. The Balaban J connectivity index is 1.89. The Bertz CT molecular complexity index is 426. The van der Waals surface area contributed by atoms with Crippen LogP contribution in [0.4, 0.5) is 0 Å². The van der Waals surface area contributed by atoms with Crippen molar-refractivity contribution in [2.75, 3.05) is 0 Å². The maximum absolute atomic E-state index is 11.7. The van der Waals surface area contributed by atoms with Gasteiger partial charge in [-0.05, 0) is 43.1 Å². The highest BCUT2D eigenvalue weighted by atomic mass is 16.4. The van der Waals surface area contributed by atoms with Crippen molar-refractivity contribution >= 4 is 5.97 Å². The average Bonchev–Trinajstić information content (AvgIpc) is 2.91. The second kappa shape index (κ2) is 3.86. The van der Waals surface area contributed by atoms with Crippen LogP contribution in [0.2, 0.25) is 0 Å². The van der Waals surface area contributed by atoms with Gasteiger partial charge in [0.1, 0.15) is 0 Å². The minimum Gasteiger partial charge on any atom is -0.481 e. The number of hydrogen-bond donors (Lipinski definition) is 1. The van der Waals surface area contributed by atoms with Crippen LogP contribution in [-0.2, 0) is 11.2 Å². The van der Waals surface area contributed by atoms with Gasteiger partial charge in [-0.2, -0.15) is 0 Å². The lowest BCUT2D eigenvalue weighted by molar-refractivity contribution is -0.152. The molecule has 0 aliphatic heterocycles. The Morgan fingerprint density at radius 3 is 2.59 bits per heavy atom. The summed E-state index contributed by atoms with van der Waals surface area (Å²) < 4.78 is 0. The summed E-state index contributed by atoms with van der Waals surface area (Å²) in [4.78, 5) is 11.7. The number of rotatable bonds is 3. The van der Waals surface area contributed by atoms with E-state index in [1.807, 2.05) is 18.2 Å². The van der Waals surface area contributed by atoms with Crippen LogP contribution in [0, 0.1) is 17.3 Å². The number of carboxylic acids is 1. The van der Waals surface area contributed by atoms with Crippen molar-refractivity contribution in [3.05, 3.63) is 35.9 Å². The third-order valence-electron chi connectivity index (χ3n) is 4.76. The van der Waals surface area contributed by atoms with Crippen LogP contribution in [0.15, 0.2) is 30.3 Å². The maximum Gasteiger partial charge on any atom is 0.310 e. The maximum atomic E-state index is 11.7. The fourth-order valence-electron chi connectivity index (χ4n) is 3.96. The number of aliphatic carboxylic acids is 1. The Morgan fingerprint density at radius 1 is 1.29 bits per heavy atom. The molecular formula is C15H18O2. The summed E-state index contributed by atoms with van der Waals surface area (Å²) in [6.07, 6.45) is 5.10. The zero-order chi connectivity index (χ0) is 11.9. The molecule has 3 rings (SSSR count). The van der Waals surface area contributed by atoms with Gasteiger partial charge in [-0.25, -0.2) is 0 Å². The predicted octanol–water partition coefficient (Wildman–Crippen LogP) is 3.12. The summed E-state index contributed by atoms with van der Waals surface area (Å²) in [6, 6.07) is 10.1. The molecule has 0 saturated heterocycles. The third-order valence-corrected chi connectivity index (χ3v) is 4.76. The molecule has 90 valence electrons. The van der Waals surface area contributed by atoms with Gasteiger partial charge in [0.25, 0.3) is 0 Å². The molecule has 2 aliphatic carbocycles. The van der Waals surface area contributed by atoms with Crippen LogP contribution in [-0.4, -0.2) is 11.1 Å². The first-order chi connectivity index (χ1) is 8.21. The van der Waals surface area contributed by atoms with Crippen molar-refractivity contribution in [3.8, 4) is 0 Å². The van der Waals surface area contributed by atoms with Crippen LogP contribution >= 0.6 is 0 Å². The van der Waals surface area contributed by atoms with Gasteiger partial charge in [0.15, 0.2) is 0 Å². The van der Waals surface area contributed by atoms with E-state index in [1.54, 1.807) is 0 Å². The highest BCUT2D eigenvalue weighted by molar-refractivity contribution is 5.76. The lowest BCUT2D eigenvalue weighted by atomic mass is 9.69. The van der Waals surface area contributed by atoms with Gasteiger partial charge in [-0.3, -0.25) is 4.79 Å². The van der Waals surface area contributed by atoms with E-state index in [-0.39, 0.29) is 0 Å². The summed E-state index contributed by atoms with van der Waals surface area (Å²) in [5, 5.41) is 9.65. The van der Waals surface area contributed by atoms with Crippen molar-refractivity contribution in [2.45, 2.75) is 32.1 Å². The lowest BCUT2D eigenvalue weighted by Gasteiger charge is -2.33. The fraction of sp³-hybridized carbons (Fsp3) is 0.533. The van der Waals surface area contributed by atoms with Crippen LogP contribution < -0.4 is 0 Å². The van der Waals surface area contributed by atoms with E-state index < -0.39 is 11.4 Å². The highest BCUT2D eigenvalue weighted by Crippen LogP contribution is 2.57. The molecule has 1 aromatic rings. The fourth-order valence-corrected chi connectivity index (χ4v) is 3.96. The van der Waals surface area contributed by atoms with E-state index in [4.69, 9.17) is 0 Å². The Kier molecular flexibility index (Phi) is 2.46. The second-order valence-electron chi connectivity index (χ2n) is 5.70. The first kappa shape index (κ1) is 10.8. The SMILES string of the molecule is O=C(O)C1(Cc2ccccc2)CC2CCC1C2. The van der Waals surface area contributed by atoms with Crippen molar-refractivity contribution in [3.63, 3.8) is 0 Å². The predicted molar refractivity (Wildman–Crippen MR) is 65.7 cm³/mol. The summed E-state index contributed by atoms with van der Waals surface area (Å²) >= 11 is 0. The average molecular weight is 230 g/mol. The van der Waals surface area contributed by atoms with Crippen molar-refractivity contribution in [1.29, 1.82) is 0 Å². The molecule has 0 radical (unpaired) electrons. The molecule has 2 nitrogen and oxygen atoms in total. The van der Waals surface area contributed by atoms with E-state index in [9.17, 15) is 9.90 Å². The number of fused-ring (bicyclic) bond motifs is 2. The number of benzene rings is 1. The summed E-state index contributed by atoms with van der Waals surface area (Å²) in [5.41, 5.74) is 0.701. The molecule has 17 heavy (non-hydrogen) atoms. The van der Waals surface area contributed by atoms with E-state index in [0.717, 1.165) is 19.3 Å².